The van der Waals surface area contributed by atoms with E-state index < -0.39 is 11.2 Å². The number of aromatic nitrogens is 1. The number of amides is 1. The lowest BCUT2D eigenvalue weighted by atomic mass is 10.0. The zero-order valence-corrected chi connectivity index (χ0v) is 18.8. The van der Waals surface area contributed by atoms with E-state index in [1.165, 1.54) is 6.20 Å². The molecule has 1 aromatic carbocycles. The zero-order valence-electron chi connectivity index (χ0n) is 18.8. The molecular weight excluding hydrogens is 408 g/mol. The minimum absolute atomic E-state index is 0.114. The molecule has 1 aromatic heterocycles. The molecular formula is C25H30N2O5. The predicted octanol–water partition coefficient (Wildman–Crippen LogP) is 3.69. The molecule has 2 aromatic rings. The third-order valence-electron chi connectivity index (χ3n) is 5.41. The quantitative estimate of drug-likeness (QED) is 0.604. The van der Waals surface area contributed by atoms with Crippen molar-refractivity contribution >= 4 is 5.91 Å². The van der Waals surface area contributed by atoms with Crippen LogP contribution in [-0.2, 0) is 11.3 Å². The van der Waals surface area contributed by atoms with Gasteiger partial charge in [0.2, 0.25) is 5.75 Å². The van der Waals surface area contributed by atoms with Crippen molar-refractivity contribution in [2.45, 2.75) is 32.9 Å². The lowest BCUT2D eigenvalue weighted by molar-refractivity contribution is 0.0588. The Kier molecular flexibility index (Phi) is 7.89. The van der Waals surface area contributed by atoms with Crippen LogP contribution in [0.25, 0.3) is 0 Å². The number of hydrogen-bond donors (Lipinski definition) is 1. The molecule has 0 fully saturated rings. The van der Waals surface area contributed by atoms with Crippen molar-refractivity contribution in [1.82, 2.24) is 9.47 Å². The molecule has 0 saturated carbocycles. The highest BCUT2D eigenvalue weighted by Crippen LogP contribution is 2.32. The highest BCUT2D eigenvalue weighted by Gasteiger charge is 2.35. The minimum Gasteiger partial charge on any atom is -0.503 e. The third-order valence-corrected chi connectivity index (χ3v) is 5.41. The fourth-order valence-corrected chi connectivity index (χ4v) is 3.79. The van der Waals surface area contributed by atoms with Crippen LogP contribution in [0.4, 0.5) is 0 Å². The summed E-state index contributed by atoms with van der Waals surface area (Å²) in [5.74, 6) is -0.871. The highest BCUT2D eigenvalue weighted by atomic mass is 16.5. The zero-order chi connectivity index (χ0) is 23.1. The van der Waals surface area contributed by atoms with Crippen LogP contribution in [0.3, 0.4) is 0 Å². The number of carbonyl (C=O) groups excluding carboxylic acids is 1. The first-order chi connectivity index (χ1) is 15.5. The second-order valence-electron chi connectivity index (χ2n) is 7.84. The second-order valence-corrected chi connectivity index (χ2v) is 7.84. The van der Waals surface area contributed by atoms with Gasteiger partial charge in [-0.3, -0.25) is 9.59 Å². The number of fused-ring (bicyclic) bond motifs is 1. The Hall–Kier alpha value is -3.32. The van der Waals surface area contributed by atoms with Gasteiger partial charge in [0.05, 0.1) is 18.8 Å². The lowest BCUT2D eigenvalue weighted by Crippen LogP contribution is -2.46. The number of nitrogens with zero attached hydrogens (tertiary/aromatic N) is 2. The maximum atomic E-state index is 13.3. The number of benzene rings is 1. The van der Waals surface area contributed by atoms with Gasteiger partial charge in [-0.15, -0.1) is 0 Å². The highest BCUT2D eigenvalue weighted by molar-refractivity contribution is 5.96. The number of carbonyl (C=O) groups is 1. The smallest absolute Gasteiger partial charge is 0.274 e. The molecule has 1 atom stereocenters. The summed E-state index contributed by atoms with van der Waals surface area (Å²) in [4.78, 5) is 27.8. The maximum absolute atomic E-state index is 13.3. The van der Waals surface area contributed by atoms with Crippen LogP contribution in [0.5, 0.6) is 11.5 Å². The van der Waals surface area contributed by atoms with Gasteiger partial charge in [-0.05, 0) is 25.8 Å². The lowest BCUT2D eigenvalue weighted by Gasteiger charge is -2.37. The Balaban J connectivity index is 2.04. The van der Waals surface area contributed by atoms with E-state index in [0.29, 0.717) is 26.1 Å². The maximum Gasteiger partial charge on any atom is 0.274 e. The topological polar surface area (TPSA) is 81.0 Å². The molecule has 170 valence electrons. The fourth-order valence-electron chi connectivity index (χ4n) is 3.79. The number of allylic oxidation sites excluding steroid dienone is 4. The van der Waals surface area contributed by atoms with E-state index in [9.17, 15) is 14.7 Å². The average molecular weight is 439 g/mol. The van der Waals surface area contributed by atoms with Crippen molar-refractivity contribution in [2.75, 3.05) is 26.8 Å². The minimum atomic E-state index is -0.686. The molecule has 0 bridgehead atoms. The monoisotopic (exact) mass is 438 g/mol. The summed E-state index contributed by atoms with van der Waals surface area (Å²) in [6.45, 7) is 5.30. The molecule has 1 aliphatic heterocycles. The van der Waals surface area contributed by atoms with Crippen molar-refractivity contribution in [2.24, 2.45) is 0 Å². The van der Waals surface area contributed by atoms with Gasteiger partial charge in [0.15, 0.2) is 11.4 Å². The van der Waals surface area contributed by atoms with Crippen LogP contribution in [0.1, 0.15) is 42.4 Å². The predicted molar refractivity (Wildman–Crippen MR) is 123 cm³/mol. The van der Waals surface area contributed by atoms with Crippen molar-refractivity contribution in [3.63, 3.8) is 0 Å². The Morgan fingerprint density at radius 3 is 2.69 bits per heavy atom. The van der Waals surface area contributed by atoms with Crippen LogP contribution in [0.2, 0.25) is 0 Å². The molecule has 32 heavy (non-hydrogen) atoms. The van der Waals surface area contributed by atoms with Gasteiger partial charge in [-0.25, -0.2) is 0 Å². The Bertz CT molecular complexity index is 1060. The summed E-state index contributed by atoms with van der Waals surface area (Å²) < 4.78 is 12.7. The third kappa shape index (κ3) is 5.29. The Morgan fingerprint density at radius 2 is 2.00 bits per heavy atom. The van der Waals surface area contributed by atoms with Gasteiger partial charge < -0.3 is 24.0 Å². The van der Waals surface area contributed by atoms with Gasteiger partial charge in [0.25, 0.3) is 11.3 Å². The number of aromatic hydroxyl groups is 1. The van der Waals surface area contributed by atoms with Crippen LogP contribution in [0, 0.1) is 0 Å². The number of pyridine rings is 1. The van der Waals surface area contributed by atoms with Gasteiger partial charge in [-0.2, -0.15) is 0 Å². The summed E-state index contributed by atoms with van der Waals surface area (Å²) >= 11 is 0. The molecule has 1 amide bonds. The van der Waals surface area contributed by atoms with Crippen molar-refractivity contribution in [3.8, 4) is 11.5 Å². The number of methoxy groups -OCH3 is 1. The summed E-state index contributed by atoms with van der Waals surface area (Å²) in [6, 6.07) is 9.22. The van der Waals surface area contributed by atoms with E-state index in [1.54, 1.807) is 16.6 Å². The molecule has 1 aliphatic rings. The Morgan fingerprint density at radius 1 is 1.25 bits per heavy atom. The van der Waals surface area contributed by atoms with Gasteiger partial charge in [0.1, 0.15) is 6.61 Å². The molecule has 0 spiro atoms. The molecule has 3 rings (SSSR count). The molecule has 0 unspecified atom stereocenters. The van der Waals surface area contributed by atoms with E-state index in [2.05, 4.69) is 0 Å². The van der Waals surface area contributed by atoms with E-state index in [-0.39, 0.29) is 30.0 Å². The number of rotatable bonds is 9. The molecule has 7 nitrogen and oxygen atoms in total. The van der Waals surface area contributed by atoms with E-state index >= 15 is 0 Å². The molecule has 2 heterocycles. The normalized spacial score (nSPS) is 16.5. The van der Waals surface area contributed by atoms with E-state index in [1.807, 2.05) is 62.4 Å². The molecule has 0 saturated heterocycles. The Labute approximate surface area is 188 Å². The summed E-state index contributed by atoms with van der Waals surface area (Å²) in [6.07, 6.45) is 7.93. The van der Waals surface area contributed by atoms with Gasteiger partial charge in [0, 0.05) is 20.2 Å². The summed E-state index contributed by atoms with van der Waals surface area (Å²) in [5, 5.41) is 10.4. The first kappa shape index (κ1) is 23.3. The van der Waals surface area contributed by atoms with Crippen LogP contribution < -0.4 is 10.2 Å². The van der Waals surface area contributed by atoms with Crippen LogP contribution in [0.15, 0.2) is 65.1 Å². The SMILES string of the molecule is C/C=C\C=C(/C)C[C@H]1CN(CCOC)C(=O)c2c(OCc3ccccc3)c(=O)c(O)cn21. The van der Waals surface area contributed by atoms with E-state index in [4.69, 9.17) is 9.47 Å². The summed E-state index contributed by atoms with van der Waals surface area (Å²) in [7, 11) is 1.58. The van der Waals surface area contributed by atoms with Gasteiger partial charge in [-0.1, -0.05) is 54.1 Å². The first-order valence-electron chi connectivity index (χ1n) is 10.7. The van der Waals surface area contributed by atoms with Crippen molar-refractivity contribution in [1.29, 1.82) is 0 Å². The van der Waals surface area contributed by atoms with Crippen LogP contribution in [-0.4, -0.2) is 47.3 Å². The van der Waals surface area contributed by atoms with Gasteiger partial charge >= 0.3 is 0 Å². The molecule has 0 radical (unpaired) electrons. The van der Waals surface area contributed by atoms with Crippen LogP contribution >= 0.6 is 0 Å². The van der Waals surface area contributed by atoms with Crippen molar-refractivity contribution < 1.29 is 19.4 Å². The second kappa shape index (κ2) is 10.8. The standard InChI is InChI=1S/C25H30N2O5/c1-4-5-9-18(2)14-20-15-26(12-13-31-3)25(30)22-24(23(29)21(28)16-27(20)22)32-17-19-10-7-6-8-11-19/h4-11,16,20,28H,12-15,17H2,1-3H3/b5-4-,18-9+/t20-/m0/s1. The number of ether oxygens (including phenoxy) is 2. The largest absolute Gasteiger partial charge is 0.503 e. The average Bonchev–Trinajstić information content (AvgIpc) is 2.79. The molecule has 7 heteroatoms. The van der Waals surface area contributed by atoms with Crippen molar-refractivity contribution in [3.05, 3.63) is 81.8 Å². The summed E-state index contributed by atoms with van der Waals surface area (Å²) in [5.41, 5.74) is 1.45. The first-order valence-corrected chi connectivity index (χ1v) is 10.7. The fraction of sp³-hybridized carbons (Fsp3) is 0.360. The number of hydrogen-bond acceptors (Lipinski definition) is 5. The molecule has 0 aliphatic carbocycles. The van der Waals surface area contributed by atoms with E-state index in [0.717, 1.165) is 11.1 Å². The molecule has 1 N–H and O–H groups in total.